The molecule has 0 amide bonds. The Labute approximate surface area is 122 Å². The number of para-hydroxylation sites is 1. The van der Waals surface area contributed by atoms with E-state index in [2.05, 4.69) is 28.8 Å². The normalized spacial score (nSPS) is 11.8. The van der Waals surface area contributed by atoms with Gasteiger partial charge in [-0.05, 0) is 18.1 Å². The molecule has 0 saturated carbocycles. The summed E-state index contributed by atoms with van der Waals surface area (Å²) in [5, 5.41) is 8.87. The molecule has 0 aliphatic heterocycles. The van der Waals surface area contributed by atoms with Crippen LogP contribution in [0, 0.1) is 5.92 Å². The number of nitrogens with two attached hydrogens (primary N) is 1. The fourth-order valence-corrected chi connectivity index (χ4v) is 3.94. The van der Waals surface area contributed by atoms with E-state index in [1.165, 1.54) is 17.4 Å². The molecule has 6 nitrogen and oxygen atoms in total. The zero-order chi connectivity index (χ0) is 14.8. The van der Waals surface area contributed by atoms with Crippen LogP contribution in [0.1, 0.15) is 18.9 Å². The van der Waals surface area contributed by atoms with Crippen LogP contribution in [0.4, 0.5) is 10.8 Å². The van der Waals surface area contributed by atoms with Crippen molar-refractivity contribution in [1.29, 1.82) is 0 Å². The van der Waals surface area contributed by atoms with Crippen molar-refractivity contribution in [3.8, 4) is 0 Å². The van der Waals surface area contributed by atoms with Gasteiger partial charge in [-0.25, -0.2) is 8.42 Å². The largest absolute Gasteiger partial charge is 0.398 e. The number of sulfonamides is 1. The fourth-order valence-electron chi connectivity index (χ4n) is 1.62. The lowest BCUT2D eigenvalue weighted by atomic mass is 10.1. The molecule has 0 radical (unpaired) electrons. The molecular weight excluding hydrogens is 296 g/mol. The number of aromatic nitrogens is 2. The molecule has 3 N–H and O–H groups in total. The van der Waals surface area contributed by atoms with E-state index in [9.17, 15) is 8.42 Å². The van der Waals surface area contributed by atoms with Gasteiger partial charge in [0.05, 0.1) is 5.69 Å². The summed E-state index contributed by atoms with van der Waals surface area (Å²) in [4.78, 5) is 0.0422. The van der Waals surface area contributed by atoms with Gasteiger partial charge in [0.2, 0.25) is 5.13 Å². The number of nitrogens with one attached hydrogen (secondary N) is 1. The Morgan fingerprint density at radius 1 is 1.30 bits per heavy atom. The maximum absolute atomic E-state index is 12.2. The van der Waals surface area contributed by atoms with E-state index < -0.39 is 10.0 Å². The lowest BCUT2D eigenvalue weighted by molar-refractivity contribution is 0.601. The number of anilines is 2. The summed E-state index contributed by atoms with van der Waals surface area (Å²) >= 11 is 1.24. The highest BCUT2D eigenvalue weighted by molar-refractivity contribution is 7.93. The fraction of sp³-hybridized carbons (Fsp3) is 0.333. The molecule has 1 aromatic carbocycles. The molecule has 0 bridgehead atoms. The molecule has 1 heterocycles. The van der Waals surface area contributed by atoms with Crippen LogP contribution in [-0.4, -0.2) is 18.6 Å². The standard InChI is InChI=1S/C12H16N4O2S2/c1-8(2)7-11-14-15-12(19-11)16-20(17,18)10-6-4-3-5-9(10)13/h3-6,8H,7,13H2,1-2H3,(H,15,16). The van der Waals surface area contributed by atoms with Crippen molar-refractivity contribution >= 4 is 32.2 Å². The first-order chi connectivity index (χ1) is 9.38. The van der Waals surface area contributed by atoms with Gasteiger partial charge in [0.1, 0.15) is 9.90 Å². The molecule has 2 aromatic rings. The van der Waals surface area contributed by atoms with Crippen LogP contribution in [0.25, 0.3) is 0 Å². The van der Waals surface area contributed by atoms with Gasteiger partial charge in [0, 0.05) is 6.42 Å². The monoisotopic (exact) mass is 312 g/mol. The maximum atomic E-state index is 12.2. The third kappa shape index (κ3) is 3.45. The number of nitrogen functional groups attached to an aromatic ring is 1. The van der Waals surface area contributed by atoms with Gasteiger partial charge in [-0.1, -0.05) is 37.3 Å². The predicted octanol–water partition coefficient (Wildman–Crippen LogP) is 2.12. The van der Waals surface area contributed by atoms with Crippen molar-refractivity contribution < 1.29 is 8.42 Å². The van der Waals surface area contributed by atoms with Crippen LogP contribution in [0.15, 0.2) is 29.2 Å². The van der Waals surface area contributed by atoms with Crippen molar-refractivity contribution in [2.45, 2.75) is 25.2 Å². The van der Waals surface area contributed by atoms with Gasteiger partial charge < -0.3 is 5.73 Å². The molecular formula is C12H16N4O2S2. The highest BCUT2D eigenvalue weighted by Gasteiger charge is 2.19. The summed E-state index contributed by atoms with van der Waals surface area (Å²) in [6.45, 7) is 4.13. The minimum Gasteiger partial charge on any atom is -0.398 e. The first-order valence-corrected chi connectivity index (χ1v) is 8.38. The first-order valence-electron chi connectivity index (χ1n) is 6.08. The van der Waals surface area contributed by atoms with Crippen LogP contribution in [-0.2, 0) is 16.4 Å². The number of rotatable bonds is 5. The van der Waals surface area contributed by atoms with Crippen LogP contribution in [0.2, 0.25) is 0 Å². The van der Waals surface area contributed by atoms with Gasteiger partial charge in [0.15, 0.2) is 0 Å². The van der Waals surface area contributed by atoms with E-state index in [0.29, 0.717) is 5.92 Å². The van der Waals surface area contributed by atoms with Crippen molar-refractivity contribution in [2.75, 3.05) is 10.5 Å². The Balaban J connectivity index is 2.21. The summed E-state index contributed by atoms with van der Waals surface area (Å²) in [6, 6.07) is 6.29. The molecule has 0 aliphatic carbocycles. The first kappa shape index (κ1) is 14.7. The summed E-state index contributed by atoms with van der Waals surface area (Å²) in [5.74, 6) is 0.442. The highest BCUT2D eigenvalue weighted by atomic mass is 32.2. The van der Waals surface area contributed by atoms with Crippen LogP contribution >= 0.6 is 11.3 Å². The molecule has 0 spiro atoms. The van der Waals surface area contributed by atoms with Gasteiger partial charge in [-0.2, -0.15) is 0 Å². The average molecular weight is 312 g/mol. The second-order valence-electron chi connectivity index (χ2n) is 4.74. The predicted molar refractivity (Wildman–Crippen MR) is 80.1 cm³/mol. The second-order valence-corrected chi connectivity index (χ2v) is 7.46. The van der Waals surface area contributed by atoms with Gasteiger partial charge >= 0.3 is 0 Å². The molecule has 2 rings (SSSR count). The van der Waals surface area contributed by atoms with E-state index in [0.717, 1.165) is 11.4 Å². The second kappa shape index (κ2) is 5.76. The summed E-state index contributed by atoms with van der Waals surface area (Å²) in [5.41, 5.74) is 5.88. The van der Waals surface area contributed by atoms with Crippen molar-refractivity contribution in [1.82, 2.24) is 10.2 Å². The Hall–Kier alpha value is -1.67. The minimum atomic E-state index is -3.73. The zero-order valence-corrected chi connectivity index (χ0v) is 12.8. The summed E-state index contributed by atoms with van der Waals surface area (Å²) in [6.07, 6.45) is 0.771. The van der Waals surface area contributed by atoms with E-state index in [-0.39, 0.29) is 15.7 Å². The topological polar surface area (TPSA) is 98.0 Å². The Morgan fingerprint density at radius 2 is 2.00 bits per heavy atom. The number of benzene rings is 1. The van der Waals surface area contributed by atoms with Gasteiger partial charge in [-0.15, -0.1) is 10.2 Å². The Bertz CT molecular complexity index is 695. The molecule has 20 heavy (non-hydrogen) atoms. The Kier molecular flexibility index (Phi) is 4.24. The molecule has 0 atom stereocenters. The molecule has 0 unspecified atom stereocenters. The minimum absolute atomic E-state index is 0.0422. The quantitative estimate of drug-likeness (QED) is 0.824. The molecule has 0 aliphatic rings. The number of hydrogen-bond acceptors (Lipinski definition) is 6. The van der Waals surface area contributed by atoms with Gasteiger partial charge in [0.25, 0.3) is 10.0 Å². The van der Waals surface area contributed by atoms with E-state index in [4.69, 9.17) is 5.73 Å². The number of hydrogen-bond donors (Lipinski definition) is 2. The van der Waals surface area contributed by atoms with Crippen molar-refractivity contribution in [2.24, 2.45) is 5.92 Å². The molecule has 8 heteroatoms. The van der Waals surface area contributed by atoms with Crippen LogP contribution in [0.5, 0.6) is 0 Å². The lowest BCUT2D eigenvalue weighted by Crippen LogP contribution is -2.14. The summed E-state index contributed by atoms with van der Waals surface area (Å²) in [7, 11) is -3.73. The third-order valence-corrected chi connectivity index (χ3v) is 4.88. The SMILES string of the molecule is CC(C)Cc1nnc(NS(=O)(=O)c2ccccc2N)s1. The molecule has 0 fully saturated rings. The van der Waals surface area contributed by atoms with Gasteiger partial charge in [-0.3, -0.25) is 4.72 Å². The highest BCUT2D eigenvalue weighted by Crippen LogP contribution is 2.24. The third-order valence-electron chi connectivity index (χ3n) is 2.48. The lowest BCUT2D eigenvalue weighted by Gasteiger charge is -2.06. The van der Waals surface area contributed by atoms with E-state index >= 15 is 0 Å². The van der Waals surface area contributed by atoms with E-state index in [1.54, 1.807) is 18.2 Å². The smallest absolute Gasteiger partial charge is 0.265 e. The summed E-state index contributed by atoms with van der Waals surface area (Å²) < 4.78 is 26.8. The average Bonchev–Trinajstić information content (AvgIpc) is 2.75. The van der Waals surface area contributed by atoms with Crippen LogP contribution < -0.4 is 10.5 Å². The Morgan fingerprint density at radius 3 is 2.65 bits per heavy atom. The van der Waals surface area contributed by atoms with Crippen LogP contribution in [0.3, 0.4) is 0 Å². The molecule has 0 saturated heterocycles. The maximum Gasteiger partial charge on any atom is 0.265 e. The molecule has 1 aromatic heterocycles. The van der Waals surface area contributed by atoms with Crippen molar-refractivity contribution in [3.63, 3.8) is 0 Å². The number of nitrogens with zero attached hydrogens (tertiary/aromatic N) is 2. The van der Waals surface area contributed by atoms with E-state index in [1.807, 2.05) is 0 Å². The molecule has 108 valence electrons. The zero-order valence-electron chi connectivity index (χ0n) is 11.2. The van der Waals surface area contributed by atoms with Crippen molar-refractivity contribution in [3.05, 3.63) is 29.3 Å².